The Morgan fingerprint density at radius 3 is 2.88 bits per heavy atom. The van der Waals surface area contributed by atoms with Crippen molar-refractivity contribution < 1.29 is 4.39 Å². The van der Waals surface area contributed by atoms with E-state index in [9.17, 15) is 4.39 Å². The van der Waals surface area contributed by atoms with Gasteiger partial charge in [-0.05, 0) is 30.7 Å². The van der Waals surface area contributed by atoms with E-state index in [1.807, 2.05) is 0 Å². The highest BCUT2D eigenvalue weighted by Gasteiger charge is 2.11. The molecule has 0 radical (unpaired) electrons. The average Bonchev–Trinajstić information content (AvgIpc) is 2.28. The topological polar surface area (TPSA) is 12.0 Å². The number of halogens is 2. The Kier molecular flexibility index (Phi) is 5.31. The molecule has 0 spiro atoms. The molecular formula is C13H15ClFN. The third-order valence-corrected chi connectivity index (χ3v) is 2.60. The van der Waals surface area contributed by atoms with Crippen LogP contribution in [0.2, 0.25) is 5.02 Å². The minimum Gasteiger partial charge on any atom is -0.309 e. The van der Waals surface area contributed by atoms with Crippen LogP contribution in [0.3, 0.4) is 0 Å². The quantitative estimate of drug-likeness (QED) is 0.775. The fraction of sp³-hybridized carbons (Fsp3) is 0.385. The molecule has 3 heteroatoms. The second-order valence-corrected chi connectivity index (χ2v) is 4.00. The highest BCUT2D eigenvalue weighted by Crippen LogP contribution is 2.22. The summed E-state index contributed by atoms with van der Waals surface area (Å²) in [6, 6.07) is 4.76. The lowest BCUT2D eigenvalue weighted by Gasteiger charge is -2.16. The molecule has 1 nitrogen and oxygen atoms in total. The number of nitrogens with one attached hydrogen (secondary N) is 1. The summed E-state index contributed by atoms with van der Waals surface area (Å²) in [4.78, 5) is 0. The fourth-order valence-electron chi connectivity index (χ4n) is 1.47. The highest BCUT2D eigenvalue weighted by atomic mass is 35.5. The van der Waals surface area contributed by atoms with Crippen molar-refractivity contribution in [3.8, 4) is 12.3 Å². The van der Waals surface area contributed by atoms with Crippen molar-refractivity contribution in [2.24, 2.45) is 0 Å². The Morgan fingerprint density at radius 1 is 1.56 bits per heavy atom. The summed E-state index contributed by atoms with van der Waals surface area (Å²) in [7, 11) is 0. The maximum Gasteiger partial charge on any atom is 0.141 e. The van der Waals surface area contributed by atoms with Crippen molar-refractivity contribution in [3.05, 3.63) is 34.6 Å². The molecule has 1 rings (SSSR count). The van der Waals surface area contributed by atoms with E-state index in [1.54, 1.807) is 12.1 Å². The lowest BCUT2D eigenvalue weighted by Crippen LogP contribution is -2.21. The van der Waals surface area contributed by atoms with Crippen LogP contribution in [0.1, 0.15) is 31.4 Å². The Hall–Kier alpha value is -1.04. The van der Waals surface area contributed by atoms with Crippen LogP contribution in [-0.2, 0) is 0 Å². The van der Waals surface area contributed by atoms with Crippen LogP contribution in [0.4, 0.5) is 4.39 Å². The van der Waals surface area contributed by atoms with Gasteiger partial charge in [0.25, 0.3) is 0 Å². The van der Waals surface area contributed by atoms with E-state index in [0.29, 0.717) is 6.42 Å². The predicted molar refractivity (Wildman–Crippen MR) is 65.9 cm³/mol. The number of hydrogen-bond acceptors (Lipinski definition) is 1. The molecule has 0 aliphatic carbocycles. The summed E-state index contributed by atoms with van der Waals surface area (Å²) in [5.74, 6) is 2.21. The van der Waals surface area contributed by atoms with E-state index in [4.69, 9.17) is 18.0 Å². The van der Waals surface area contributed by atoms with Gasteiger partial charge in [0.15, 0.2) is 0 Å². The Morgan fingerprint density at radius 2 is 2.31 bits per heavy atom. The fourth-order valence-corrected chi connectivity index (χ4v) is 1.66. The summed E-state index contributed by atoms with van der Waals surface area (Å²) >= 11 is 5.74. The van der Waals surface area contributed by atoms with Gasteiger partial charge in [0, 0.05) is 12.5 Å². The van der Waals surface area contributed by atoms with Crippen molar-refractivity contribution >= 4 is 11.6 Å². The molecule has 0 fully saturated rings. The predicted octanol–water partition coefficient (Wildman–Crippen LogP) is 3.54. The van der Waals surface area contributed by atoms with E-state index in [0.717, 1.165) is 18.5 Å². The van der Waals surface area contributed by atoms with E-state index in [-0.39, 0.29) is 11.1 Å². The second-order valence-electron chi connectivity index (χ2n) is 3.59. The van der Waals surface area contributed by atoms with Crippen molar-refractivity contribution in [1.82, 2.24) is 5.32 Å². The van der Waals surface area contributed by atoms with Crippen LogP contribution < -0.4 is 5.32 Å². The molecule has 0 saturated heterocycles. The largest absolute Gasteiger partial charge is 0.309 e. The molecule has 0 amide bonds. The third-order valence-electron chi connectivity index (χ3n) is 2.31. The van der Waals surface area contributed by atoms with Gasteiger partial charge in [-0.2, -0.15) is 0 Å². The van der Waals surface area contributed by atoms with Gasteiger partial charge < -0.3 is 5.32 Å². The smallest absolute Gasteiger partial charge is 0.141 e. The van der Waals surface area contributed by atoms with Crippen LogP contribution in [0, 0.1) is 18.2 Å². The summed E-state index contributed by atoms with van der Waals surface area (Å²) in [5, 5.41) is 3.45. The van der Waals surface area contributed by atoms with Crippen LogP contribution in [0.5, 0.6) is 0 Å². The molecule has 1 atom stereocenters. The van der Waals surface area contributed by atoms with Gasteiger partial charge >= 0.3 is 0 Å². The standard InChI is InChI=1S/C13H15ClFN/c1-3-5-13(16-8-4-2)10-6-7-12(15)11(14)9-10/h1,6-7,9,13,16H,4-5,8H2,2H3. The molecule has 0 heterocycles. The number of rotatable bonds is 5. The first-order valence-corrected chi connectivity index (χ1v) is 5.68. The molecule has 0 bridgehead atoms. The van der Waals surface area contributed by atoms with E-state index >= 15 is 0 Å². The minimum atomic E-state index is -0.402. The zero-order valence-corrected chi connectivity index (χ0v) is 10.0. The summed E-state index contributed by atoms with van der Waals surface area (Å²) in [6.07, 6.45) is 6.90. The van der Waals surface area contributed by atoms with Gasteiger partial charge in [0.05, 0.1) is 5.02 Å². The third kappa shape index (κ3) is 3.52. The highest BCUT2D eigenvalue weighted by molar-refractivity contribution is 6.30. The molecule has 0 aromatic heterocycles. The van der Waals surface area contributed by atoms with Crippen LogP contribution in [0.15, 0.2) is 18.2 Å². The van der Waals surface area contributed by atoms with Gasteiger partial charge in [0.1, 0.15) is 5.82 Å². The molecule has 1 N–H and O–H groups in total. The van der Waals surface area contributed by atoms with Crippen molar-refractivity contribution in [3.63, 3.8) is 0 Å². The molecule has 16 heavy (non-hydrogen) atoms. The molecule has 1 aromatic carbocycles. The number of hydrogen-bond donors (Lipinski definition) is 1. The maximum absolute atomic E-state index is 13.0. The van der Waals surface area contributed by atoms with Gasteiger partial charge in [-0.15, -0.1) is 12.3 Å². The number of terminal acetylenes is 1. The van der Waals surface area contributed by atoms with E-state index in [2.05, 4.69) is 18.2 Å². The molecular weight excluding hydrogens is 225 g/mol. The van der Waals surface area contributed by atoms with Crippen molar-refractivity contribution in [2.75, 3.05) is 6.54 Å². The van der Waals surface area contributed by atoms with Crippen LogP contribution in [-0.4, -0.2) is 6.54 Å². The lowest BCUT2D eigenvalue weighted by atomic mass is 10.0. The minimum absolute atomic E-state index is 0.0445. The monoisotopic (exact) mass is 239 g/mol. The zero-order chi connectivity index (χ0) is 12.0. The normalized spacial score (nSPS) is 12.1. The zero-order valence-electron chi connectivity index (χ0n) is 9.26. The molecule has 0 aliphatic heterocycles. The Bertz CT molecular complexity index is 384. The first-order valence-electron chi connectivity index (χ1n) is 5.30. The Balaban J connectivity index is 2.84. The molecule has 1 aromatic rings. The van der Waals surface area contributed by atoms with Crippen molar-refractivity contribution in [1.29, 1.82) is 0 Å². The summed E-state index contributed by atoms with van der Waals surface area (Å²) in [6.45, 7) is 2.96. The van der Waals surface area contributed by atoms with Gasteiger partial charge in [0.2, 0.25) is 0 Å². The van der Waals surface area contributed by atoms with Crippen molar-refractivity contribution in [2.45, 2.75) is 25.8 Å². The lowest BCUT2D eigenvalue weighted by molar-refractivity contribution is 0.540. The van der Waals surface area contributed by atoms with Gasteiger partial charge in [-0.3, -0.25) is 0 Å². The van der Waals surface area contributed by atoms with E-state index < -0.39 is 5.82 Å². The van der Waals surface area contributed by atoms with E-state index in [1.165, 1.54) is 6.07 Å². The first-order chi connectivity index (χ1) is 7.69. The van der Waals surface area contributed by atoms with Gasteiger partial charge in [-0.25, -0.2) is 4.39 Å². The molecule has 1 unspecified atom stereocenters. The molecule has 0 aliphatic rings. The first kappa shape index (κ1) is 13.0. The van der Waals surface area contributed by atoms with Crippen LogP contribution in [0.25, 0.3) is 0 Å². The Labute approximate surface area is 101 Å². The molecule has 0 saturated carbocycles. The summed E-state index contributed by atoms with van der Waals surface area (Å²) < 4.78 is 13.0. The second kappa shape index (κ2) is 6.52. The number of benzene rings is 1. The maximum atomic E-state index is 13.0. The SMILES string of the molecule is C#CCC(NCCC)c1ccc(F)c(Cl)c1. The van der Waals surface area contributed by atoms with Gasteiger partial charge in [-0.1, -0.05) is 24.6 Å². The molecule has 86 valence electrons. The van der Waals surface area contributed by atoms with Crippen LogP contribution >= 0.6 is 11.6 Å². The summed E-state index contributed by atoms with van der Waals surface area (Å²) in [5.41, 5.74) is 0.929. The average molecular weight is 240 g/mol.